The van der Waals surface area contributed by atoms with E-state index in [9.17, 15) is 0 Å². The SMILES string of the molecule is CSc1nc(SC)c2c(C)cn(Cc3ccccc3)c2n1. The summed E-state index contributed by atoms with van der Waals surface area (Å²) in [6, 6.07) is 10.5. The molecule has 3 nitrogen and oxygen atoms in total. The number of fused-ring (bicyclic) bond motifs is 1. The number of rotatable bonds is 4. The van der Waals surface area contributed by atoms with Gasteiger partial charge in [-0.05, 0) is 30.6 Å². The first-order chi connectivity index (χ1) is 10.2. The zero-order chi connectivity index (χ0) is 14.8. The van der Waals surface area contributed by atoms with Gasteiger partial charge in [0.25, 0.3) is 0 Å². The standard InChI is InChI=1S/C16H17N3S2/c1-11-9-19(10-12-7-5-4-6-8-12)14-13(11)15(20-2)18-16(17-14)21-3/h4-9H,10H2,1-3H3. The van der Waals surface area contributed by atoms with Crippen LogP contribution in [-0.2, 0) is 6.54 Å². The smallest absolute Gasteiger partial charge is 0.190 e. The molecule has 0 aliphatic heterocycles. The Balaban J connectivity index is 2.15. The van der Waals surface area contributed by atoms with E-state index in [0.717, 1.165) is 22.4 Å². The van der Waals surface area contributed by atoms with Gasteiger partial charge in [0.2, 0.25) is 0 Å². The molecule has 0 radical (unpaired) electrons. The summed E-state index contributed by atoms with van der Waals surface area (Å²) < 4.78 is 2.22. The Kier molecular flexibility index (Phi) is 4.22. The third-order valence-electron chi connectivity index (χ3n) is 3.42. The first kappa shape index (κ1) is 14.5. The molecule has 0 amide bonds. The van der Waals surface area contributed by atoms with Crippen LogP contribution in [0.4, 0.5) is 0 Å². The Morgan fingerprint density at radius 3 is 2.48 bits per heavy atom. The highest BCUT2D eigenvalue weighted by molar-refractivity contribution is 7.99. The lowest BCUT2D eigenvalue weighted by Crippen LogP contribution is -2.00. The van der Waals surface area contributed by atoms with Crippen LogP contribution >= 0.6 is 23.5 Å². The second-order valence-electron chi connectivity index (χ2n) is 4.84. The lowest BCUT2D eigenvalue weighted by molar-refractivity contribution is 0.805. The number of hydrogen-bond donors (Lipinski definition) is 0. The number of aryl methyl sites for hydroxylation is 1. The van der Waals surface area contributed by atoms with Crippen LogP contribution in [0.3, 0.4) is 0 Å². The van der Waals surface area contributed by atoms with Gasteiger partial charge in [-0.15, -0.1) is 11.8 Å². The maximum atomic E-state index is 4.72. The van der Waals surface area contributed by atoms with Gasteiger partial charge in [0.1, 0.15) is 10.7 Å². The fourth-order valence-corrected chi connectivity index (χ4v) is 3.51. The molecule has 108 valence electrons. The van der Waals surface area contributed by atoms with E-state index in [1.807, 2.05) is 12.3 Å². The summed E-state index contributed by atoms with van der Waals surface area (Å²) in [5.74, 6) is 0. The second-order valence-corrected chi connectivity index (χ2v) is 6.41. The summed E-state index contributed by atoms with van der Waals surface area (Å²) in [6.45, 7) is 2.97. The molecule has 1 aromatic carbocycles. The van der Waals surface area contributed by atoms with Gasteiger partial charge in [0, 0.05) is 12.7 Å². The van der Waals surface area contributed by atoms with Crippen molar-refractivity contribution in [2.75, 3.05) is 12.5 Å². The first-order valence-corrected chi connectivity index (χ1v) is 9.17. The van der Waals surface area contributed by atoms with E-state index in [1.165, 1.54) is 16.5 Å². The predicted octanol–water partition coefficient (Wildman–Crippen LogP) is 4.23. The molecule has 0 bridgehead atoms. The number of nitrogens with zero attached hydrogens (tertiary/aromatic N) is 3. The van der Waals surface area contributed by atoms with E-state index in [0.29, 0.717) is 0 Å². The minimum atomic E-state index is 0.833. The second kappa shape index (κ2) is 6.12. The van der Waals surface area contributed by atoms with Gasteiger partial charge < -0.3 is 4.57 Å². The molecule has 0 N–H and O–H groups in total. The molecule has 3 aromatic rings. The Morgan fingerprint density at radius 2 is 1.81 bits per heavy atom. The van der Waals surface area contributed by atoms with Crippen molar-refractivity contribution in [1.29, 1.82) is 0 Å². The predicted molar refractivity (Wildman–Crippen MR) is 91.4 cm³/mol. The normalized spacial score (nSPS) is 11.2. The third kappa shape index (κ3) is 2.80. The number of aromatic nitrogens is 3. The van der Waals surface area contributed by atoms with Crippen molar-refractivity contribution in [2.45, 2.75) is 23.7 Å². The topological polar surface area (TPSA) is 30.7 Å². The zero-order valence-corrected chi connectivity index (χ0v) is 14.0. The Hall–Kier alpha value is -1.46. The molecule has 0 unspecified atom stereocenters. The van der Waals surface area contributed by atoms with Crippen molar-refractivity contribution in [3.63, 3.8) is 0 Å². The van der Waals surface area contributed by atoms with Gasteiger partial charge in [-0.1, -0.05) is 42.1 Å². The summed E-state index contributed by atoms with van der Waals surface area (Å²) in [4.78, 5) is 9.34. The monoisotopic (exact) mass is 315 g/mol. The van der Waals surface area contributed by atoms with Gasteiger partial charge in [0.05, 0.1) is 5.39 Å². The lowest BCUT2D eigenvalue weighted by atomic mass is 10.2. The Bertz CT molecular complexity index is 766. The molecule has 0 aliphatic rings. The maximum absolute atomic E-state index is 4.72. The fourth-order valence-electron chi connectivity index (χ4n) is 2.46. The summed E-state index contributed by atoms with van der Waals surface area (Å²) in [5, 5.41) is 3.07. The summed E-state index contributed by atoms with van der Waals surface area (Å²) in [7, 11) is 0. The molecular formula is C16H17N3S2. The van der Waals surface area contributed by atoms with Crippen molar-refractivity contribution in [1.82, 2.24) is 14.5 Å². The van der Waals surface area contributed by atoms with Gasteiger partial charge >= 0.3 is 0 Å². The molecule has 0 saturated heterocycles. The molecular weight excluding hydrogens is 298 g/mol. The van der Waals surface area contributed by atoms with Crippen molar-refractivity contribution in [2.24, 2.45) is 0 Å². The largest absolute Gasteiger partial charge is 0.328 e. The fraction of sp³-hybridized carbons (Fsp3) is 0.250. The van der Waals surface area contributed by atoms with Crippen LogP contribution in [0.25, 0.3) is 11.0 Å². The molecule has 2 heterocycles. The molecule has 2 aromatic heterocycles. The highest BCUT2D eigenvalue weighted by Gasteiger charge is 2.14. The molecule has 0 atom stereocenters. The van der Waals surface area contributed by atoms with E-state index in [2.05, 4.69) is 53.2 Å². The van der Waals surface area contributed by atoms with E-state index in [4.69, 9.17) is 4.98 Å². The van der Waals surface area contributed by atoms with E-state index >= 15 is 0 Å². The van der Waals surface area contributed by atoms with Crippen molar-refractivity contribution in [3.05, 3.63) is 47.7 Å². The molecule has 0 fully saturated rings. The Labute approximate surface area is 133 Å². The minimum Gasteiger partial charge on any atom is -0.328 e. The summed E-state index contributed by atoms with van der Waals surface area (Å²) >= 11 is 3.27. The molecule has 5 heteroatoms. The van der Waals surface area contributed by atoms with Gasteiger partial charge in [-0.2, -0.15) is 0 Å². The van der Waals surface area contributed by atoms with Crippen molar-refractivity contribution in [3.8, 4) is 0 Å². The number of benzene rings is 1. The van der Waals surface area contributed by atoms with Crippen LogP contribution in [0.2, 0.25) is 0 Å². The molecule has 0 saturated carbocycles. The molecule has 0 aliphatic carbocycles. The average molecular weight is 315 g/mol. The Morgan fingerprint density at radius 1 is 1.05 bits per heavy atom. The summed E-state index contributed by atoms with van der Waals surface area (Å²) in [5.41, 5.74) is 3.54. The van der Waals surface area contributed by atoms with Crippen molar-refractivity contribution < 1.29 is 0 Å². The number of thioether (sulfide) groups is 2. The van der Waals surface area contributed by atoms with Gasteiger partial charge in [-0.25, -0.2) is 9.97 Å². The molecule has 21 heavy (non-hydrogen) atoms. The van der Waals surface area contributed by atoms with Crippen LogP contribution in [-0.4, -0.2) is 27.0 Å². The average Bonchev–Trinajstić information content (AvgIpc) is 2.83. The van der Waals surface area contributed by atoms with Gasteiger partial charge in [-0.3, -0.25) is 0 Å². The highest BCUT2D eigenvalue weighted by Crippen LogP contribution is 2.30. The highest BCUT2D eigenvalue weighted by atomic mass is 32.2. The van der Waals surface area contributed by atoms with Crippen LogP contribution in [0.15, 0.2) is 46.7 Å². The van der Waals surface area contributed by atoms with Crippen LogP contribution in [0.5, 0.6) is 0 Å². The number of hydrogen-bond acceptors (Lipinski definition) is 4. The van der Waals surface area contributed by atoms with Crippen LogP contribution in [0, 0.1) is 6.92 Å². The van der Waals surface area contributed by atoms with E-state index in [-0.39, 0.29) is 0 Å². The molecule has 0 spiro atoms. The quantitative estimate of drug-likeness (QED) is 0.409. The zero-order valence-electron chi connectivity index (χ0n) is 12.3. The van der Waals surface area contributed by atoms with E-state index < -0.39 is 0 Å². The van der Waals surface area contributed by atoms with Gasteiger partial charge in [0.15, 0.2) is 5.16 Å². The van der Waals surface area contributed by atoms with Crippen LogP contribution in [0.1, 0.15) is 11.1 Å². The summed E-state index contributed by atoms with van der Waals surface area (Å²) in [6.07, 6.45) is 6.26. The first-order valence-electron chi connectivity index (χ1n) is 6.72. The van der Waals surface area contributed by atoms with E-state index in [1.54, 1.807) is 23.5 Å². The van der Waals surface area contributed by atoms with Crippen LogP contribution < -0.4 is 0 Å². The maximum Gasteiger partial charge on any atom is 0.190 e. The third-order valence-corrected chi connectivity index (χ3v) is 4.65. The van der Waals surface area contributed by atoms with Crippen molar-refractivity contribution >= 4 is 34.6 Å². The minimum absolute atomic E-state index is 0.833. The molecule has 3 rings (SSSR count). The lowest BCUT2D eigenvalue weighted by Gasteiger charge is -2.07.